The molecule has 6 nitrogen and oxygen atoms in total. The molecule has 0 bridgehead atoms. The summed E-state index contributed by atoms with van der Waals surface area (Å²) in [6.07, 6.45) is 5.82. The van der Waals surface area contributed by atoms with Crippen LogP contribution in [0.3, 0.4) is 0 Å². The summed E-state index contributed by atoms with van der Waals surface area (Å²) < 4.78 is 0. The third-order valence-corrected chi connectivity index (χ3v) is 5.21. The molecule has 0 spiro atoms. The van der Waals surface area contributed by atoms with E-state index in [0.717, 1.165) is 57.9 Å². The van der Waals surface area contributed by atoms with E-state index < -0.39 is 0 Å². The number of amides is 1. The second kappa shape index (κ2) is 8.44. The van der Waals surface area contributed by atoms with E-state index in [-0.39, 0.29) is 11.9 Å². The van der Waals surface area contributed by atoms with E-state index in [9.17, 15) is 4.79 Å². The van der Waals surface area contributed by atoms with Crippen LogP contribution < -0.4 is 10.6 Å². The molecule has 3 heterocycles. The average molecular weight is 331 g/mol. The van der Waals surface area contributed by atoms with Gasteiger partial charge in [-0.2, -0.15) is 0 Å². The zero-order valence-electron chi connectivity index (χ0n) is 14.4. The Bertz CT molecular complexity index is 515. The molecule has 1 aromatic rings. The second-order valence-electron chi connectivity index (χ2n) is 6.74. The van der Waals surface area contributed by atoms with Crippen molar-refractivity contribution in [3.8, 4) is 0 Å². The number of anilines is 1. The number of likely N-dealkylation sites (tertiary alicyclic amines) is 1. The lowest BCUT2D eigenvalue weighted by Crippen LogP contribution is -2.50. The van der Waals surface area contributed by atoms with Crippen LogP contribution in [0, 0.1) is 0 Å². The minimum absolute atomic E-state index is 0.257. The fourth-order valence-corrected chi connectivity index (χ4v) is 3.71. The average Bonchev–Trinajstić information content (AvgIpc) is 2.67. The summed E-state index contributed by atoms with van der Waals surface area (Å²) in [5.41, 5.74) is 5.83. The number of nitrogens with two attached hydrogens (primary N) is 1. The Kier molecular flexibility index (Phi) is 6.04. The Labute approximate surface area is 144 Å². The number of rotatable bonds is 5. The number of hydrogen-bond acceptors (Lipinski definition) is 5. The van der Waals surface area contributed by atoms with Crippen molar-refractivity contribution in [2.45, 2.75) is 31.7 Å². The zero-order valence-corrected chi connectivity index (χ0v) is 14.4. The lowest BCUT2D eigenvalue weighted by molar-refractivity contribution is -0.135. The lowest BCUT2D eigenvalue weighted by atomic mass is 10.0. The maximum absolute atomic E-state index is 12.5. The fourth-order valence-electron chi connectivity index (χ4n) is 3.71. The highest BCUT2D eigenvalue weighted by atomic mass is 16.2. The quantitative estimate of drug-likeness (QED) is 0.870. The van der Waals surface area contributed by atoms with E-state index in [4.69, 9.17) is 5.73 Å². The number of piperazine rings is 1. The van der Waals surface area contributed by atoms with E-state index in [1.165, 1.54) is 6.42 Å². The molecule has 2 saturated heterocycles. The first-order valence-corrected chi connectivity index (χ1v) is 9.16. The van der Waals surface area contributed by atoms with Crippen LogP contribution in [-0.2, 0) is 4.79 Å². The van der Waals surface area contributed by atoms with Gasteiger partial charge in [0.15, 0.2) is 0 Å². The van der Waals surface area contributed by atoms with Gasteiger partial charge in [0.05, 0.1) is 0 Å². The lowest BCUT2D eigenvalue weighted by Gasteiger charge is -2.37. The van der Waals surface area contributed by atoms with Gasteiger partial charge in [0.1, 0.15) is 5.82 Å². The SMILES string of the molecule is NCC1CCCCN1C(=O)CCN1CCN(c2ccccn2)CC1. The molecule has 1 unspecified atom stereocenters. The van der Waals surface area contributed by atoms with Crippen LogP contribution in [0.4, 0.5) is 5.82 Å². The van der Waals surface area contributed by atoms with Crippen molar-refractivity contribution in [1.29, 1.82) is 0 Å². The molecule has 0 aromatic carbocycles. The first-order valence-electron chi connectivity index (χ1n) is 9.16. The molecule has 2 aliphatic rings. The van der Waals surface area contributed by atoms with Crippen LogP contribution >= 0.6 is 0 Å². The van der Waals surface area contributed by atoms with Gasteiger partial charge in [-0.1, -0.05) is 6.07 Å². The van der Waals surface area contributed by atoms with Crippen LogP contribution in [0.5, 0.6) is 0 Å². The van der Waals surface area contributed by atoms with Gasteiger partial charge in [0.25, 0.3) is 0 Å². The molecule has 1 amide bonds. The van der Waals surface area contributed by atoms with Crippen LogP contribution in [-0.4, -0.2) is 72.5 Å². The van der Waals surface area contributed by atoms with Crippen LogP contribution in [0.15, 0.2) is 24.4 Å². The van der Waals surface area contributed by atoms with Crippen LogP contribution in [0.1, 0.15) is 25.7 Å². The van der Waals surface area contributed by atoms with Crippen molar-refractivity contribution in [2.75, 3.05) is 50.7 Å². The number of piperidine rings is 1. The standard InChI is InChI=1S/C18H29N5O/c19-15-16-5-2-4-9-23(16)18(24)7-10-21-11-13-22(14-12-21)17-6-1-3-8-20-17/h1,3,6,8,16H,2,4-5,7,9-15,19H2. The fraction of sp³-hybridized carbons (Fsp3) is 0.667. The summed E-state index contributed by atoms with van der Waals surface area (Å²) in [5, 5.41) is 0. The van der Waals surface area contributed by atoms with Crippen molar-refractivity contribution < 1.29 is 4.79 Å². The Hall–Kier alpha value is -1.66. The van der Waals surface area contributed by atoms with Gasteiger partial charge < -0.3 is 15.5 Å². The smallest absolute Gasteiger partial charge is 0.224 e. The zero-order chi connectivity index (χ0) is 16.8. The summed E-state index contributed by atoms with van der Waals surface area (Å²) in [7, 11) is 0. The third-order valence-electron chi connectivity index (χ3n) is 5.21. The molecule has 132 valence electrons. The van der Waals surface area contributed by atoms with Crippen LogP contribution in [0.2, 0.25) is 0 Å². The van der Waals surface area contributed by atoms with E-state index in [0.29, 0.717) is 13.0 Å². The molecule has 2 fully saturated rings. The molecule has 0 radical (unpaired) electrons. The molecule has 1 aromatic heterocycles. The van der Waals surface area contributed by atoms with Crippen molar-refractivity contribution in [3.63, 3.8) is 0 Å². The number of carbonyl (C=O) groups excluding carboxylic acids is 1. The van der Waals surface area contributed by atoms with E-state index in [2.05, 4.69) is 20.9 Å². The van der Waals surface area contributed by atoms with Crippen molar-refractivity contribution in [2.24, 2.45) is 5.73 Å². The predicted octanol–water partition coefficient (Wildman–Crippen LogP) is 0.934. The number of pyridine rings is 1. The minimum Gasteiger partial charge on any atom is -0.354 e. The molecular weight excluding hydrogens is 302 g/mol. The van der Waals surface area contributed by atoms with Crippen LogP contribution in [0.25, 0.3) is 0 Å². The summed E-state index contributed by atoms with van der Waals surface area (Å²) in [4.78, 5) is 23.7. The molecular formula is C18H29N5O. The van der Waals surface area contributed by atoms with Crippen molar-refractivity contribution in [1.82, 2.24) is 14.8 Å². The van der Waals surface area contributed by atoms with E-state index in [1.807, 2.05) is 23.2 Å². The summed E-state index contributed by atoms with van der Waals surface area (Å²) in [5.74, 6) is 1.32. The topological polar surface area (TPSA) is 65.7 Å². The Morgan fingerprint density at radius 2 is 2.00 bits per heavy atom. The van der Waals surface area contributed by atoms with Gasteiger partial charge in [-0.05, 0) is 31.4 Å². The van der Waals surface area contributed by atoms with Gasteiger partial charge in [0, 0.05) is 64.5 Å². The van der Waals surface area contributed by atoms with Gasteiger partial charge in [-0.3, -0.25) is 9.69 Å². The Balaban J connectivity index is 1.42. The molecule has 24 heavy (non-hydrogen) atoms. The minimum atomic E-state index is 0.257. The first-order chi connectivity index (χ1) is 11.8. The molecule has 6 heteroatoms. The number of nitrogens with zero attached hydrogens (tertiary/aromatic N) is 4. The number of carbonyl (C=O) groups is 1. The second-order valence-corrected chi connectivity index (χ2v) is 6.74. The normalized spacial score (nSPS) is 22.6. The summed E-state index contributed by atoms with van der Waals surface area (Å²) in [6, 6.07) is 6.29. The maximum atomic E-state index is 12.5. The monoisotopic (exact) mass is 331 g/mol. The molecule has 2 N–H and O–H groups in total. The highest BCUT2D eigenvalue weighted by Crippen LogP contribution is 2.18. The molecule has 0 saturated carbocycles. The van der Waals surface area contributed by atoms with Crippen molar-refractivity contribution >= 4 is 11.7 Å². The number of aromatic nitrogens is 1. The Morgan fingerprint density at radius 3 is 2.71 bits per heavy atom. The summed E-state index contributed by atoms with van der Waals surface area (Å²) in [6.45, 7) is 6.25. The number of hydrogen-bond donors (Lipinski definition) is 1. The Morgan fingerprint density at radius 1 is 1.17 bits per heavy atom. The van der Waals surface area contributed by atoms with E-state index in [1.54, 1.807) is 0 Å². The highest BCUT2D eigenvalue weighted by molar-refractivity contribution is 5.76. The van der Waals surface area contributed by atoms with E-state index >= 15 is 0 Å². The third kappa shape index (κ3) is 4.24. The van der Waals surface area contributed by atoms with Crippen molar-refractivity contribution in [3.05, 3.63) is 24.4 Å². The molecule has 1 atom stereocenters. The largest absolute Gasteiger partial charge is 0.354 e. The summed E-state index contributed by atoms with van der Waals surface area (Å²) >= 11 is 0. The highest BCUT2D eigenvalue weighted by Gasteiger charge is 2.26. The van der Waals surface area contributed by atoms with Gasteiger partial charge in [-0.25, -0.2) is 4.98 Å². The molecule has 3 rings (SSSR count). The predicted molar refractivity (Wildman–Crippen MR) is 95.9 cm³/mol. The van der Waals surface area contributed by atoms with Gasteiger partial charge >= 0.3 is 0 Å². The first kappa shape index (κ1) is 17.2. The molecule has 2 aliphatic heterocycles. The van der Waals surface area contributed by atoms with Gasteiger partial charge in [-0.15, -0.1) is 0 Å². The van der Waals surface area contributed by atoms with Gasteiger partial charge in [0.2, 0.25) is 5.91 Å². The molecule has 0 aliphatic carbocycles. The maximum Gasteiger partial charge on any atom is 0.224 e.